The molecule has 0 aromatic heterocycles. The SMILES string of the molecule is O=C(O)c1ccc(N2CCN(CCC3CCN(C(=O)O)CC3)CC2)cc1. The van der Waals surface area contributed by atoms with E-state index >= 15 is 0 Å². The summed E-state index contributed by atoms with van der Waals surface area (Å²) in [4.78, 5) is 28.2. The van der Waals surface area contributed by atoms with Crippen molar-refractivity contribution in [2.75, 3.05) is 50.7 Å². The van der Waals surface area contributed by atoms with Gasteiger partial charge in [0.25, 0.3) is 0 Å². The van der Waals surface area contributed by atoms with E-state index in [1.807, 2.05) is 12.1 Å². The van der Waals surface area contributed by atoms with Gasteiger partial charge in [-0.1, -0.05) is 0 Å². The summed E-state index contributed by atoms with van der Waals surface area (Å²) in [5.41, 5.74) is 1.40. The number of piperazine rings is 1. The maximum absolute atomic E-state index is 10.9. The minimum absolute atomic E-state index is 0.321. The van der Waals surface area contributed by atoms with E-state index in [1.165, 1.54) is 4.90 Å². The van der Waals surface area contributed by atoms with Crippen LogP contribution in [0.2, 0.25) is 0 Å². The van der Waals surface area contributed by atoms with Crippen LogP contribution < -0.4 is 4.90 Å². The van der Waals surface area contributed by atoms with Gasteiger partial charge >= 0.3 is 12.1 Å². The Kier molecular flexibility index (Phi) is 5.98. The second-order valence-electron chi connectivity index (χ2n) is 7.18. The van der Waals surface area contributed by atoms with Gasteiger partial charge in [-0.15, -0.1) is 0 Å². The Morgan fingerprint density at radius 3 is 2.08 bits per heavy atom. The van der Waals surface area contributed by atoms with Crippen molar-refractivity contribution in [2.45, 2.75) is 19.3 Å². The first-order valence-corrected chi connectivity index (χ1v) is 9.31. The number of carboxylic acids is 1. The predicted octanol–water partition coefficient (Wildman–Crippen LogP) is 2.29. The first kappa shape index (κ1) is 18.5. The van der Waals surface area contributed by atoms with Gasteiger partial charge in [0, 0.05) is 45.0 Å². The maximum Gasteiger partial charge on any atom is 0.407 e. The normalized spacial score (nSPS) is 19.5. The Morgan fingerprint density at radius 2 is 1.54 bits per heavy atom. The van der Waals surface area contributed by atoms with Crippen molar-refractivity contribution in [1.29, 1.82) is 0 Å². The van der Waals surface area contributed by atoms with Crippen LogP contribution in [0.3, 0.4) is 0 Å². The number of anilines is 1. The van der Waals surface area contributed by atoms with Gasteiger partial charge < -0.3 is 20.0 Å². The van der Waals surface area contributed by atoms with E-state index in [0.717, 1.165) is 57.7 Å². The molecule has 2 saturated heterocycles. The molecule has 2 heterocycles. The Balaban J connectivity index is 1.39. The zero-order chi connectivity index (χ0) is 18.5. The van der Waals surface area contributed by atoms with Crippen LogP contribution in [0.5, 0.6) is 0 Å². The van der Waals surface area contributed by atoms with Crippen molar-refractivity contribution < 1.29 is 19.8 Å². The molecule has 0 bridgehead atoms. The Labute approximate surface area is 153 Å². The van der Waals surface area contributed by atoms with Crippen molar-refractivity contribution in [1.82, 2.24) is 9.80 Å². The molecule has 0 saturated carbocycles. The second kappa shape index (κ2) is 8.40. The highest BCUT2D eigenvalue weighted by Gasteiger charge is 2.23. The van der Waals surface area contributed by atoms with E-state index in [4.69, 9.17) is 10.2 Å². The summed E-state index contributed by atoms with van der Waals surface area (Å²) in [6.07, 6.45) is 2.29. The van der Waals surface area contributed by atoms with Gasteiger partial charge in [0.2, 0.25) is 0 Å². The first-order valence-electron chi connectivity index (χ1n) is 9.31. The van der Waals surface area contributed by atoms with Crippen LogP contribution >= 0.6 is 0 Å². The zero-order valence-corrected chi connectivity index (χ0v) is 15.0. The molecule has 0 aliphatic carbocycles. The Hall–Kier alpha value is -2.28. The molecule has 7 heteroatoms. The van der Waals surface area contributed by atoms with Crippen molar-refractivity contribution in [3.05, 3.63) is 29.8 Å². The molecule has 0 unspecified atom stereocenters. The van der Waals surface area contributed by atoms with Crippen molar-refractivity contribution in [2.24, 2.45) is 5.92 Å². The topological polar surface area (TPSA) is 84.3 Å². The van der Waals surface area contributed by atoms with Crippen LogP contribution in [0, 0.1) is 5.92 Å². The Morgan fingerprint density at radius 1 is 0.923 bits per heavy atom. The molecule has 0 atom stereocenters. The zero-order valence-electron chi connectivity index (χ0n) is 15.0. The number of amides is 1. The average Bonchev–Trinajstić information content (AvgIpc) is 2.67. The summed E-state index contributed by atoms with van der Waals surface area (Å²) in [6.45, 7) is 6.32. The number of likely N-dealkylation sites (tertiary alicyclic amines) is 1. The van der Waals surface area contributed by atoms with E-state index in [9.17, 15) is 9.59 Å². The second-order valence-corrected chi connectivity index (χ2v) is 7.18. The molecule has 2 aliphatic heterocycles. The molecule has 142 valence electrons. The van der Waals surface area contributed by atoms with Crippen molar-refractivity contribution in [3.63, 3.8) is 0 Å². The smallest absolute Gasteiger partial charge is 0.407 e. The van der Waals surface area contributed by atoms with Crippen LogP contribution in [0.4, 0.5) is 10.5 Å². The molecule has 7 nitrogen and oxygen atoms in total. The van der Waals surface area contributed by atoms with Crippen molar-refractivity contribution in [3.8, 4) is 0 Å². The molecule has 0 spiro atoms. The summed E-state index contributed by atoms with van der Waals surface area (Å²) in [7, 11) is 0. The number of piperidine rings is 1. The van der Waals surface area contributed by atoms with Crippen LogP contribution in [0.15, 0.2) is 24.3 Å². The molecule has 1 aromatic rings. The summed E-state index contributed by atoms with van der Waals surface area (Å²) in [5, 5.41) is 18.0. The van der Waals surface area contributed by atoms with Crippen LogP contribution in [-0.4, -0.2) is 77.9 Å². The molecule has 2 N–H and O–H groups in total. The van der Waals surface area contributed by atoms with Gasteiger partial charge in [0.05, 0.1) is 5.56 Å². The average molecular weight is 361 g/mol. The molecule has 0 radical (unpaired) electrons. The fourth-order valence-electron chi connectivity index (χ4n) is 3.82. The number of carbonyl (C=O) groups is 2. The van der Waals surface area contributed by atoms with Gasteiger partial charge in [0.15, 0.2) is 0 Å². The molecule has 1 amide bonds. The monoisotopic (exact) mass is 361 g/mol. The Bertz CT molecular complexity index is 618. The number of rotatable bonds is 5. The number of hydrogen-bond acceptors (Lipinski definition) is 4. The highest BCUT2D eigenvalue weighted by atomic mass is 16.4. The minimum atomic E-state index is -0.893. The lowest BCUT2D eigenvalue weighted by molar-refractivity contribution is 0.0696. The number of nitrogens with zero attached hydrogens (tertiary/aromatic N) is 3. The first-order chi connectivity index (χ1) is 12.5. The summed E-state index contributed by atoms with van der Waals surface area (Å²) < 4.78 is 0. The third-order valence-electron chi connectivity index (χ3n) is 5.59. The summed E-state index contributed by atoms with van der Waals surface area (Å²) >= 11 is 0. The molecule has 2 aliphatic rings. The number of hydrogen-bond donors (Lipinski definition) is 2. The van der Waals surface area contributed by atoms with Crippen LogP contribution in [-0.2, 0) is 0 Å². The van der Waals surface area contributed by atoms with Gasteiger partial charge in [-0.25, -0.2) is 9.59 Å². The third kappa shape index (κ3) is 4.66. The molecule has 3 rings (SSSR count). The predicted molar refractivity (Wildman–Crippen MR) is 99.0 cm³/mol. The van der Waals surface area contributed by atoms with Crippen LogP contribution in [0.25, 0.3) is 0 Å². The van der Waals surface area contributed by atoms with E-state index in [0.29, 0.717) is 24.6 Å². The quantitative estimate of drug-likeness (QED) is 0.837. The van der Waals surface area contributed by atoms with Gasteiger partial charge in [-0.05, 0) is 56.0 Å². The molecule has 2 fully saturated rings. The standard InChI is InChI=1S/C19H27N3O4/c23-18(24)16-1-3-17(4-2-16)21-13-11-20(12-14-21)8-5-15-6-9-22(10-7-15)19(25)26/h1-4,15H,5-14H2,(H,23,24)(H,25,26). The highest BCUT2D eigenvalue weighted by Crippen LogP contribution is 2.22. The molecule has 26 heavy (non-hydrogen) atoms. The van der Waals surface area contributed by atoms with Gasteiger partial charge in [-0.2, -0.15) is 0 Å². The van der Waals surface area contributed by atoms with E-state index in [-0.39, 0.29) is 0 Å². The van der Waals surface area contributed by atoms with Gasteiger partial charge in [0.1, 0.15) is 0 Å². The highest BCUT2D eigenvalue weighted by molar-refractivity contribution is 5.88. The van der Waals surface area contributed by atoms with E-state index in [2.05, 4.69) is 9.80 Å². The largest absolute Gasteiger partial charge is 0.478 e. The lowest BCUT2D eigenvalue weighted by Crippen LogP contribution is -2.47. The molecule has 1 aromatic carbocycles. The van der Waals surface area contributed by atoms with E-state index in [1.54, 1.807) is 12.1 Å². The fourth-order valence-corrected chi connectivity index (χ4v) is 3.82. The lowest BCUT2D eigenvalue weighted by Gasteiger charge is -2.37. The summed E-state index contributed by atoms with van der Waals surface area (Å²) in [5.74, 6) is -0.261. The minimum Gasteiger partial charge on any atom is -0.478 e. The molecular weight excluding hydrogens is 334 g/mol. The lowest BCUT2D eigenvalue weighted by atomic mass is 9.93. The molecular formula is C19H27N3O4. The summed E-state index contributed by atoms with van der Waals surface area (Å²) in [6, 6.07) is 7.09. The van der Waals surface area contributed by atoms with Crippen LogP contribution in [0.1, 0.15) is 29.6 Å². The maximum atomic E-state index is 10.9. The van der Waals surface area contributed by atoms with E-state index < -0.39 is 12.1 Å². The number of benzene rings is 1. The van der Waals surface area contributed by atoms with Gasteiger partial charge in [-0.3, -0.25) is 4.90 Å². The number of carboxylic acid groups (broad SMARTS) is 2. The number of aromatic carboxylic acids is 1. The van der Waals surface area contributed by atoms with Crippen molar-refractivity contribution >= 4 is 17.7 Å². The fraction of sp³-hybridized carbons (Fsp3) is 0.579. The third-order valence-corrected chi connectivity index (χ3v) is 5.59.